The quantitative estimate of drug-likeness (QED) is 0.411. The second-order valence-electron chi connectivity index (χ2n) is 7.72. The average molecular weight is 467 g/mol. The molecule has 0 saturated heterocycles. The summed E-state index contributed by atoms with van der Waals surface area (Å²) >= 11 is 0. The maximum atomic E-state index is 14.9. The Morgan fingerprint density at radius 3 is 2.47 bits per heavy atom. The molecule has 1 N–H and O–H groups in total. The monoisotopic (exact) mass is 467 g/mol. The summed E-state index contributed by atoms with van der Waals surface area (Å²) in [6.45, 7) is 0. The highest BCUT2D eigenvalue weighted by Crippen LogP contribution is 2.34. The smallest absolute Gasteiger partial charge is 0.363 e. The number of rotatable bonds is 4. The van der Waals surface area contributed by atoms with Crippen LogP contribution in [0.1, 0.15) is 39.8 Å². The zero-order valence-electron chi connectivity index (χ0n) is 17.5. The van der Waals surface area contributed by atoms with Crippen molar-refractivity contribution < 1.29 is 22.4 Å². The molecule has 1 aliphatic heterocycles. The minimum absolute atomic E-state index is 0.129. The molecule has 2 aromatic carbocycles. The lowest BCUT2D eigenvalue weighted by molar-refractivity contribution is -0.141. The zero-order valence-corrected chi connectivity index (χ0v) is 17.5. The summed E-state index contributed by atoms with van der Waals surface area (Å²) in [5.74, 6) is -1.07. The van der Waals surface area contributed by atoms with Gasteiger partial charge in [-0.3, -0.25) is 4.79 Å². The Bertz CT molecular complexity index is 1360. The first-order valence-corrected chi connectivity index (χ1v) is 10.3. The van der Waals surface area contributed by atoms with Gasteiger partial charge in [0.15, 0.2) is 5.69 Å². The van der Waals surface area contributed by atoms with Crippen molar-refractivity contribution in [2.24, 2.45) is 5.10 Å². The molecule has 1 aliphatic rings. The van der Waals surface area contributed by atoms with Crippen LogP contribution in [0.4, 0.5) is 17.6 Å². The molecule has 0 saturated carbocycles. The molecule has 172 valence electrons. The van der Waals surface area contributed by atoms with E-state index in [2.05, 4.69) is 15.2 Å². The summed E-state index contributed by atoms with van der Waals surface area (Å²) in [4.78, 5) is 16.2. The maximum absolute atomic E-state index is 14.9. The van der Waals surface area contributed by atoms with Crippen LogP contribution in [-0.2, 0) is 6.18 Å². The first-order valence-electron chi connectivity index (χ1n) is 10.3. The number of carbonyl (C=O) groups is 1. The van der Waals surface area contributed by atoms with Crippen molar-refractivity contribution in [2.75, 3.05) is 0 Å². The zero-order chi connectivity index (χ0) is 23.9. The predicted molar refractivity (Wildman–Crippen MR) is 116 cm³/mol. The van der Waals surface area contributed by atoms with E-state index in [9.17, 15) is 22.4 Å². The number of hydrogen-bond donors (Lipinski definition) is 1. The van der Waals surface area contributed by atoms with E-state index in [1.54, 1.807) is 42.6 Å². The van der Waals surface area contributed by atoms with Crippen molar-refractivity contribution in [1.82, 2.24) is 19.8 Å². The molecule has 0 fully saturated rings. The Labute approximate surface area is 191 Å². The lowest BCUT2D eigenvalue weighted by atomic mass is 10.0. The molecular weight excluding hydrogens is 450 g/mol. The SMILES string of the molecule is O=C(c1ccccc1)N1N=C(c2ccc(-n3ccc(C(F)(F)F)n3)c(F)c2)CC1c1ccc[nH]1. The van der Waals surface area contributed by atoms with Gasteiger partial charge in [-0.05, 0) is 42.5 Å². The molecule has 6 nitrogen and oxygen atoms in total. The lowest BCUT2D eigenvalue weighted by Crippen LogP contribution is -2.27. The number of H-pyrrole nitrogens is 1. The molecule has 0 radical (unpaired) electrons. The number of amides is 1. The van der Waals surface area contributed by atoms with Crippen LogP contribution in [0.3, 0.4) is 0 Å². The van der Waals surface area contributed by atoms with Gasteiger partial charge in [0.1, 0.15) is 17.5 Å². The van der Waals surface area contributed by atoms with E-state index in [1.807, 2.05) is 12.1 Å². The number of halogens is 4. The van der Waals surface area contributed by atoms with Gasteiger partial charge in [-0.15, -0.1) is 0 Å². The van der Waals surface area contributed by atoms with Gasteiger partial charge >= 0.3 is 6.18 Å². The largest absolute Gasteiger partial charge is 0.435 e. The number of hydrogen-bond acceptors (Lipinski definition) is 3. The standard InChI is InChI=1S/C24H17F4N5O/c25-17-13-16(8-9-20(17)32-12-10-22(31-32)24(26,27)28)19-14-21(18-7-4-11-29-18)33(30-19)23(34)15-5-2-1-3-6-15/h1-13,21,29H,14H2. The van der Waals surface area contributed by atoms with Crippen molar-refractivity contribution in [2.45, 2.75) is 18.6 Å². The van der Waals surface area contributed by atoms with Crippen LogP contribution in [0.15, 0.2) is 84.2 Å². The molecule has 1 atom stereocenters. The number of carbonyl (C=O) groups excluding carboxylic acids is 1. The first kappa shape index (κ1) is 21.6. The maximum Gasteiger partial charge on any atom is 0.435 e. The van der Waals surface area contributed by atoms with Crippen LogP contribution >= 0.6 is 0 Å². The minimum Gasteiger partial charge on any atom is -0.363 e. The van der Waals surface area contributed by atoms with E-state index in [-0.39, 0.29) is 11.6 Å². The number of nitrogens with one attached hydrogen (secondary N) is 1. The fourth-order valence-electron chi connectivity index (χ4n) is 3.86. The molecule has 2 aromatic heterocycles. The van der Waals surface area contributed by atoms with Gasteiger partial charge in [0, 0.05) is 35.6 Å². The van der Waals surface area contributed by atoms with E-state index in [0.29, 0.717) is 23.3 Å². The molecule has 10 heteroatoms. The fourth-order valence-corrected chi connectivity index (χ4v) is 3.86. The van der Waals surface area contributed by atoms with E-state index in [4.69, 9.17) is 0 Å². The highest BCUT2D eigenvalue weighted by Gasteiger charge is 2.35. The molecular formula is C24H17F4N5O. The number of hydrazone groups is 1. The molecule has 4 aromatic rings. The Kier molecular flexibility index (Phi) is 5.27. The summed E-state index contributed by atoms with van der Waals surface area (Å²) in [5.41, 5.74) is 0.896. The van der Waals surface area contributed by atoms with Crippen molar-refractivity contribution >= 4 is 11.6 Å². The number of aromatic nitrogens is 3. The lowest BCUT2D eigenvalue weighted by Gasteiger charge is -2.20. The Hall–Kier alpha value is -4.21. The van der Waals surface area contributed by atoms with Gasteiger partial charge < -0.3 is 4.98 Å². The summed E-state index contributed by atoms with van der Waals surface area (Å²) in [7, 11) is 0. The molecule has 34 heavy (non-hydrogen) atoms. The van der Waals surface area contributed by atoms with Crippen LogP contribution in [0, 0.1) is 5.82 Å². The Morgan fingerprint density at radius 1 is 1.03 bits per heavy atom. The Morgan fingerprint density at radius 2 is 1.82 bits per heavy atom. The predicted octanol–water partition coefficient (Wildman–Crippen LogP) is 5.35. The normalized spacial score (nSPS) is 16.1. The summed E-state index contributed by atoms with van der Waals surface area (Å²) in [6, 6.07) is 16.8. The van der Waals surface area contributed by atoms with Crippen molar-refractivity contribution in [1.29, 1.82) is 0 Å². The van der Waals surface area contributed by atoms with Crippen molar-refractivity contribution in [3.8, 4) is 5.69 Å². The summed E-state index contributed by atoms with van der Waals surface area (Å²) in [5, 5.41) is 9.28. The molecule has 1 amide bonds. The van der Waals surface area contributed by atoms with Gasteiger partial charge in [0.05, 0.1) is 5.71 Å². The highest BCUT2D eigenvalue weighted by atomic mass is 19.4. The molecule has 0 bridgehead atoms. The van der Waals surface area contributed by atoms with Crippen LogP contribution < -0.4 is 0 Å². The van der Waals surface area contributed by atoms with Crippen molar-refractivity contribution in [3.05, 3.63) is 107 Å². The van der Waals surface area contributed by atoms with Crippen LogP contribution in [0.25, 0.3) is 5.69 Å². The second kappa shape index (κ2) is 8.29. The van der Waals surface area contributed by atoms with Crippen LogP contribution in [0.5, 0.6) is 0 Å². The van der Waals surface area contributed by atoms with Crippen LogP contribution in [0.2, 0.25) is 0 Å². The molecule has 5 rings (SSSR count). The summed E-state index contributed by atoms with van der Waals surface area (Å²) in [6.07, 6.45) is -1.50. The van der Waals surface area contributed by atoms with Gasteiger partial charge in [-0.25, -0.2) is 14.1 Å². The van der Waals surface area contributed by atoms with E-state index in [0.717, 1.165) is 22.6 Å². The van der Waals surface area contributed by atoms with E-state index in [1.165, 1.54) is 17.1 Å². The minimum atomic E-state index is -4.62. The summed E-state index contributed by atoms with van der Waals surface area (Å²) < 4.78 is 54.3. The van der Waals surface area contributed by atoms with Gasteiger partial charge in [0.2, 0.25) is 0 Å². The first-order chi connectivity index (χ1) is 16.3. The van der Waals surface area contributed by atoms with E-state index >= 15 is 0 Å². The fraction of sp³-hybridized carbons (Fsp3) is 0.125. The number of benzene rings is 2. The highest BCUT2D eigenvalue weighted by molar-refractivity contribution is 6.05. The molecule has 0 spiro atoms. The third-order valence-electron chi connectivity index (χ3n) is 5.53. The molecule has 0 aliphatic carbocycles. The number of aromatic amines is 1. The molecule has 1 unspecified atom stereocenters. The van der Waals surface area contributed by atoms with Crippen LogP contribution in [-0.4, -0.2) is 31.4 Å². The van der Waals surface area contributed by atoms with Gasteiger partial charge in [0.25, 0.3) is 5.91 Å². The molecule has 3 heterocycles. The van der Waals surface area contributed by atoms with Crippen molar-refractivity contribution in [3.63, 3.8) is 0 Å². The van der Waals surface area contributed by atoms with E-state index < -0.39 is 23.7 Å². The van der Waals surface area contributed by atoms with Gasteiger partial charge in [-0.1, -0.05) is 24.3 Å². The topological polar surface area (TPSA) is 66.3 Å². The third-order valence-corrected chi connectivity index (χ3v) is 5.53. The second-order valence-corrected chi connectivity index (χ2v) is 7.72. The van der Waals surface area contributed by atoms with Gasteiger partial charge in [-0.2, -0.15) is 23.4 Å². The Balaban J connectivity index is 1.47. The number of nitrogens with zero attached hydrogens (tertiary/aromatic N) is 4. The number of alkyl halides is 3. The third kappa shape index (κ3) is 3.98. The average Bonchev–Trinajstić information content (AvgIpc) is 3.59.